The number of aromatic nitrogens is 1. The van der Waals surface area contributed by atoms with E-state index < -0.39 is 0 Å². The highest BCUT2D eigenvalue weighted by molar-refractivity contribution is 5.85. The zero-order chi connectivity index (χ0) is 22.5. The van der Waals surface area contributed by atoms with Gasteiger partial charge in [0.05, 0.1) is 24.8 Å². The molecule has 168 valence electrons. The molecule has 2 N–H and O–H groups in total. The highest BCUT2D eigenvalue weighted by Gasteiger charge is 2.26. The minimum Gasteiger partial charge on any atom is -0.497 e. The average Bonchev–Trinajstić information content (AvgIpc) is 2.82. The SMILES string of the molecule is COc1ccc2c(c1)C(CCN1CCC(NCc3ccc(C)nc3)CC1)=C(C#N)C(C)N2. The Labute approximate surface area is 191 Å². The third-order valence-corrected chi connectivity index (χ3v) is 6.64. The van der Waals surface area contributed by atoms with Crippen molar-refractivity contribution in [3.05, 3.63) is 58.9 Å². The van der Waals surface area contributed by atoms with Gasteiger partial charge in [-0.3, -0.25) is 4.98 Å². The van der Waals surface area contributed by atoms with Crippen LogP contribution in [0.1, 0.15) is 43.0 Å². The highest BCUT2D eigenvalue weighted by atomic mass is 16.5. The van der Waals surface area contributed by atoms with Crippen LogP contribution in [0.2, 0.25) is 0 Å². The number of benzene rings is 1. The molecule has 0 aliphatic carbocycles. The molecule has 0 saturated carbocycles. The lowest BCUT2D eigenvalue weighted by Crippen LogP contribution is -2.42. The van der Waals surface area contributed by atoms with Gasteiger partial charge in [0.1, 0.15) is 5.75 Å². The molecular formula is C26H33N5O. The van der Waals surface area contributed by atoms with E-state index in [1.165, 1.54) is 5.56 Å². The van der Waals surface area contributed by atoms with E-state index in [1.807, 2.05) is 19.2 Å². The zero-order valence-electron chi connectivity index (χ0n) is 19.3. The monoisotopic (exact) mass is 431 g/mol. The maximum absolute atomic E-state index is 9.82. The van der Waals surface area contributed by atoms with Crippen molar-refractivity contribution in [1.29, 1.82) is 5.26 Å². The van der Waals surface area contributed by atoms with Gasteiger partial charge in [-0.2, -0.15) is 5.26 Å². The third-order valence-electron chi connectivity index (χ3n) is 6.64. The van der Waals surface area contributed by atoms with Gasteiger partial charge >= 0.3 is 0 Å². The molecule has 0 spiro atoms. The summed E-state index contributed by atoms with van der Waals surface area (Å²) in [6.45, 7) is 8.09. The van der Waals surface area contributed by atoms with Crippen LogP contribution >= 0.6 is 0 Å². The molecule has 1 aromatic heterocycles. The number of piperidine rings is 1. The number of anilines is 1. The second-order valence-electron chi connectivity index (χ2n) is 8.84. The number of aryl methyl sites for hydroxylation is 1. The van der Waals surface area contributed by atoms with Crippen LogP contribution in [-0.2, 0) is 6.54 Å². The Morgan fingerprint density at radius 3 is 2.75 bits per heavy atom. The van der Waals surface area contributed by atoms with Crippen molar-refractivity contribution in [1.82, 2.24) is 15.2 Å². The smallest absolute Gasteiger partial charge is 0.119 e. The zero-order valence-corrected chi connectivity index (χ0v) is 19.3. The summed E-state index contributed by atoms with van der Waals surface area (Å²) in [7, 11) is 1.68. The summed E-state index contributed by atoms with van der Waals surface area (Å²) >= 11 is 0. The quantitative estimate of drug-likeness (QED) is 0.687. The summed E-state index contributed by atoms with van der Waals surface area (Å²) in [5.74, 6) is 0.825. The Kier molecular flexibility index (Phi) is 7.09. The summed E-state index contributed by atoms with van der Waals surface area (Å²) in [6, 6.07) is 13.3. The number of hydrogen-bond donors (Lipinski definition) is 2. The Morgan fingerprint density at radius 1 is 1.25 bits per heavy atom. The van der Waals surface area contributed by atoms with E-state index in [0.717, 1.165) is 79.3 Å². The number of pyridine rings is 1. The number of nitrogens with one attached hydrogen (secondary N) is 2. The van der Waals surface area contributed by atoms with E-state index in [1.54, 1.807) is 7.11 Å². The van der Waals surface area contributed by atoms with Gasteiger partial charge in [-0.05, 0) is 81.6 Å². The molecule has 1 aromatic carbocycles. The minimum absolute atomic E-state index is 0.0297. The molecule has 32 heavy (non-hydrogen) atoms. The number of nitriles is 1. The highest BCUT2D eigenvalue weighted by Crippen LogP contribution is 2.38. The van der Waals surface area contributed by atoms with E-state index in [0.29, 0.717) is 6.04 Å². The fourth-order valence-corrected chi connectivity index (χ4v) is 4.67. The molecule has 0 radical (unpaired) electrons. The summed E-state index contributed by atoms with van der Waals surface area (Å²) in [5, 5.41) is 17.0. The van der Waals surface area contributed by atoms with Crippen LogP contribution in [-0.4, -0.2) is 48.7 Å². The summed E-state index contributed by atoms with van der Waals surface area (Å²) in [4.78, 5) is 6.91. The molecule has 1 fully saturated rings. The Morgan fingerprint density at radius 2 is 2.06 bits per heavy atom. The fourth-order valence-electron chi connectivity index (χ4n) is 4.67. The molecule has 6 nitrogen and oxygen atoms in total. The number of rotatable bonds is 7. The van der Waals surface area contributed by atoms with Gasteiger partial charge in [0.2, 0.25) is 0 Å². The lowest BCUT2D eigenvalue weighted by Gasteiger charge is -2.34. The summed E-state index contributed by atoms with van der Waals surface area (Å²) < 4.78 is 5.44. The maximum Gasteiger partial charge on any atom is 0.119 e. The number of ether oxygens (including phenoxy) is 1. The van der Waals surface area contributed by atoms with Crippen LogP contribution in [0.3, 0.4) is 0 Å². The molecule has 1 saturated heterocycles. The van der Waals surface area contributed by atoms with Crippen molar-refractivity contribution in [2.24, 2.45) is 0 Å². The normalized spacial score (nSPS) is 19.2. The van der Waals surface area contributed by atoms with Crippen molar-refractivity contribution in [2.45, 2.75) is 51.7 Å². The second-order valence-corrected chi connectivity index (χ2v) is 8.84. The number of methoxy groups -OCH3 is 1. The first-order valence-electron chi connectivity index (χ1n) is 11.5. The number of fused-ring (bicyclic) bond motifs is 1. The molecule has 6 heteroatoms. The van der Waals surface area contributed by atoms with Crippen molar-refractivity contribution in [3.8, 4) is 11.8 Å². The molecule has 1 atom stereocenters. The van der Waals surface area contributed by atoms with Crippen LogP contribution < -0.4 is 15.4 Å². The molecule has 2 aliphatic heterocycles. The predicted molar refractivity (Wildman–Crippen MR) is 129 cm³/mol. The van der Waals surface area contributed by atoms with E-state index in [9.17, 15) is 5.26 Å². The lowest BCUT2D eigenvalue weighted by atomic mass is 9.88. The van der Waals surface area contributed by atoms with Gasteiger partial charge in [-0.15, -0.1) is 0 Å². The van der Waals surface area contributed by atoms with E-state index in [2.05, 4.69) is 57.8 Å². The first kappa shape index (κ1) is 22.3. The van der Waals surface area contributed by atoms with Gasteiger partial charge in [0.25, 0.3) is 0 Å². The fraction of sp³-hybridized carbons (Fsp3) is 0.462. The first-order valence-corrected chi connectivity index (χ1v) is 11.5. The number of nitrogens with zero attached hydrogens (tertiary/aromatic N) is 3. The standard InChI is InChI=1S/C26H33N5O/c1-18-4-5-20(16-28-18)17-29-21-8-11-31(12-9-21)13-10-23-24-14-22(32-3)6-7-26(24)30-19(2)25(23)15-27/h4-7,14,16,19,21,29-30H,8-13,17H2,1-3H3. The van der Waals surface area contributed by atoms with Crippen LogP contribution in [0.4, 0.5) is 5.69 Å². The molecule has 2 aromatic rings. The average molecular weight is 432 g/mol. The molecule has 1 unspecified atom stereocenters. The van der Waals surface area contributed by atoms with Gasteiger partial charge in [-0.25, -0.2) is 0 Å². The van der Waals surface area contributed by atoms with Gasteiger partial charge in [-0.1, -0.05) is 6.07 Å². The summed E-state index contributed by atoms with van der Waals surface area (Å²) in [5.41, 5.74) is 6.47. The van der Waals surface area contributed by atoms with Crippen LogP contribution in [0.25, 0.3) is 5.57 Å². The topological polar surface area (TPSA) is 73.2 Å². The van der Waals surface area contributed by atoms with Gasteiger partial charge < -0.3 is 20.3 Å². The number of likely N-dealkylation sites (tertiary alicyclic amines) is 1. The molecule has 3 heterocycles. The van der Waals surface area contributed by atoms with Crippen LogP contribution in [0.15, 0.2) is 42.1 Å². The second kappa shape index (κ2) is 10.2. The van der Waals surface area contributed by atoms with Gasteiger partial charge in [0.15, 0.2) is 0 Å². The van der Waals surface area contributed by atoms with Gasteiger partial charge in [0, 0.05) is 42.3 Å². The maximum atomic E-state index is 9.82. The largest absolute Gasteiger partial charge is 0.497 e. The molecule has 4 rings (SSSR count). The molecule has 0 amide bonds. The van der Waals surface area contributed by atoms with E-state index >= 15 is 0 Å². The van der Waals surface area contributed by atoms with E-state index in [4.69, 9.17) is 4.74 Å². The van der Waals surface area contributed by atoms with Crippen molar-refractivity contribution < 1.29 is 4.74 Å². The first-order chi connectivity index (χ1) is 15.6. The van der Waals surface area contributed by atoms with Crippen molar-refractivity contribution >= 4 is 11.3 Å². The Balaban J connectivity index is 1.33. The third kappa shape index (κ3) is 5.12. The molecule has 0 bridgehead atoms. The van der Waals surface area contributed by atoms with E-state index in [-0.39, 0.29) is 6.04 Å². The predicted octanol–water partition coefficient (Wildman–Crippen LogP) is 4.13. The molecule has 2 aliphatic rings. The molecular weight excluding hydrogens is 398 g/mol. The van der Waals surface area contributed by atoms with Crippen LogP contribution in [0.5, 0.6) is 5.75 Å². The Hall–Kier alpha value is -2.88. The lowest BCUT2D eigenvalue weighted by molar-refractivity contribution is 0.201. The minimum atomic E-state index is 0.0297. The Bertz CT molecular complexity index is 1000. The number of hydrogen-bond acceptors (Lipinski definition) is 6. The van der Waals surface area contributed by atoms with Crippen LogP contribution in [0, 0.1) is 18.3 Å². The summed E-state index contributed by atoms with van der Waals surface area (Å²) in [6.07, 6.45) is 5.13. The van der Waals surface area contributed by atoms with Crippen molar-refractivity contribution in [3.63, 3.8) is 0 Å². The van der Waals surface area contributed by atoms with Crippen molar-refractivity contribution in [2.75, 3.05) is 32.1 Å².